The van der Waals surface area contributed by atoms with Gasteiger partial charge in [0.1, 0.15) is 13.2 Å². The minimum atomic E-state index is -0.585. The molecule has 0 aliphatic rings. The molecule has 0 spiro atoms. The van der Waals surface area contributed by atoms with Gasteiger partial charge in [-0.15, -0.1) is 0 Å². The number of halogens is 3. The number of carbonyl (C=O) groups excluding carboxylic acids is 3. The minimum absolute atomic E-state index is 0.0710. The Hall–Kier alpha value is -1.19. The third-order valence-corrected chi connectivity index (χ3v) is 6.72. The first-order valence-corrected chi connectivity index (χ1v) is 10.3. The van der Waals surface area contributed by atoms with Crippen molar-refractivity contribution < 1.29 is 28.6 Å². The maximum atomic E-state index is 12.1. The van der Waals surface area contributed by atoms with E-state index >= 15 is 0 Å². The van der Waals surface area contributed by atoms with Gasteiger partial charge in [-0.25, -0.2) is 4.79 Å². The van der Waals surface area contributed by atoms with Crippen LogP contribution in [0.25, 0.3) is 0 Å². The van der Waals surface area contributed by atoms with Gasteiger partial charge >= 0.3 is 17.9 Å². The molecule has 0 radical (unpaired) electrons. The van der Waals surface area contributed by atoms with E-state index in [1.165, 1.54) is 6.92 Å². The van der Waals surface area contributed by atoms with E-state index in [0.717, 1.165) is 15.6 Å². The number of ether oxygens (including phenoxy) is 3. The lowest BCUT2D eigenvalue weighted by molar-refractivity contribution is -0.151. The van der Waals surface area contributed by atoms with E-state index in [1.807, 2.05) is 13.8 Å². The van der Waals surface area contributed by atoms with Gasteiger partial charge in [-0.05, 0) is 79.7 Å². The highest BCUT2D eigenvalue weighted by atomic mass is 79.9. The third kappa shape index (κ3) is 7.04. The Kier molecular flexibility index (Phi) is 9.69. The van der Waals surface area contributed by atoms with E-state index in [9.17, 15) is 14.4 Å². The van der Waals surface area contributed by atoms with Crippen molar-refractivity contribution in [1.82, 2.24) is 0 Å². The molecule has 1 rings (SSSR count). The van der Waals surface area contributed by atoms with Gasteiger partial charge in [0.2, 0.25) is 0 Å². The molecule has 0 atom stereocenters. The summed E-state index contributed by atoms with van der Waals surface area (Å²) in [6.07, 6.45) is -0.289. The van der Waals surface area contributed by atoms with Gasteiger partial charge in [0, 0.05) is 10.0 Å². The highest BCUT2D eigenvalue weighted by Crippen LogP contribution is 2.43. The molecule has 0 bridgehead atoms. The number of hydrogen-bond donors (Lipinski definition) is 0. The van der Waals surface area contributed by atoms with Crippen LogP contribution in [-0.4, -0.2) is 31.1 Å². The first-order valence-electron chi connectivity index (χ1n) is 7.88. The molecule has 0 aliphatic heterocycles. The largest absolute Gasteiger partial charge is 0.462 e. The Morgan fingerprint density at radius 3 is 1.96 bits per heavy atom. The van der Waals surface area contributed by atoms with E-state index in [0.29, 0.717) is 14.7 Å². The van der Waals surface area contributed by atoms with Crippen LogP contribution in [0.3, 0.4) is 0 Å². The maximum Gasteiger partial charge on any atom is 0.333 e. The van der Waals surface area contributed by atoms with Crippen LogP contribution in [0, 0.1) is 13.8 Å². The van der Waals surface area contributed by atoms with Crippen molar-refractivity contribution >= 4 is 65.7 Å². The molecule has 0 aromatic heterocycles. The molecule has 0 fully saturated rings. The predicted molar refractivity (Wildman–Crippen MR) is 111 cm³/mol. The first-order chi connectivity index (χ1) is 12.6. The first kappa shape index (κ1) is 23.8. The molecule has 6 nitrogen and oxygen atoms in total. The normalized spacial score (nSPS) is 10.3. The van der Waals surface area contributed by atoms with Gasteiger partial charge in [0.15, 0.2) is 5.75 Å². The van der Waals surface area contributed by atoms with Crippen LogP contribution >= 0.6 is 47.8 Å². The summed E-state index contributed by atoms with van der Waals surface area (Å²) < 4.78 is 17.1. The quantitative estimate of drug-likeness (QED) is 0.145. The molecule has 0 unspecified atom stereocenters. The van der Waals surface area contributed by atoms with Crippen molar-refractivity contribution in [1.29, 1.82) is 0 Å². The van der Waals surface area contributed by atoms with Gasteiger partial charge in [-0.1, -0.05) is 6.58 Å². The van der Waals surface area contributed by atoms with Crippen LogP contribution < -0.4 is 4.74 Å². The van der Waals surface area contributed by atoms with Crippen molar-refractivity contribution in [2.75, 3.05) is 13.2 Å². The topological polar surface area (TPSA) is 78.9 Å². The standard InChI is InChI=1S/C18H19Br3O6/c1-9(2)18(24)26-8-7-25-12(22)5-6-13(23)27-17-15(20)11(4)10(3)14(19)16(17)21/h1,5-8H2,2-4H3. The zero-order valence-electron chi connectivity index (χ0n) is 15.1. The smallest absolute Gasteiger partial charge is 0.333 e. The lowest BCUT2D eigenvalue weighted by atomic mass is 10.1. The zero-order chi connectivity index (χ0) is 20.7. The summed E-state index contributed by atoms with van der Waals surface area (Å²) in [5, 5.41) is 0. The monoisotopic (exact) mass is 568 g/mol. The number of carbonyl (C=O) groups is 3. The second-order valence-corrected chi connectivity index (χ2v) is 8.01. The number of esters is 3. The summed E-state index contributed by atoms with van der Waals surface area (Å²) in [6.45, 7) is 8.62. The van der Waals surface area contributed by atoms with E-state index < -0.39 is 17.9 Å². The van der Waals surface area contributed by atoms with Gasteiger partial charge in [0.25, 0.3) is 0 Å². The molecule has 0 aliphatic carbocycles. The molecule has 9 heteroatoms. The summed E-state index contributed by atoms with van der Waals surface area (Å²) >= 11 is 10.3. The van der Waals surface area contributed by atoms with Gasteiger partial charge in [0.05, 0.1) is 21.8 Å². The molecule has 1 aromatic carbocycles. The van der Waals surface area contributed by atoms with Crippen molar-refractivity contribution in [3.05, 3.63) is 36.7 Å². The fourth-order valence-corrected chi connectivity index (χ4v) is 3.70. The van der Waals surface area contributed by atoms with Crippen LogP contribution in [0.5, 0.6) is 5.75 Å². The Bertz CT molecular complexity index is 744. The third-order valence-electron chi connectivity index (χ3n) is 3.49. The van der Waals surface area contributed by atoms with Crippen molar-refractivity contribution in [3.63, 3.8) is 0 Å². The van der Waals surface area contributed by atoms with E-state index in [4.69, 9.17) is 14.2 Å². The number of benzene rings is 1. The van der Waals surface area contributed by atoms with Crippen LogP contribution in [0.2, 0.25) is 0 Å². The molecule has 27 heavy (non-hydrogen) atoms. The summed E-state index contributed by atoms with van der Waals surface area (Å²) in [6, 6.07) is 0. The number of hydrogen-bond acceptors (Lipinski definition) is 6. The van der Waals surface area contributed by atoms with Crippen LogP contribution in [-0.2, 0) is 23.9 Å². The van der Waals surface area contributed by atoms with Crippen molar-refractivity contribution in [2.45, 2.75) is 33.6 Å². The molecule has 0 saturated carbocycles. The van der Waals surface area contributed by atoms with Crippen LogP contribution in [0.4, 0.5) is 0 Å². The van der Waals surface area contributed by atoms with Gasteiger partial charge in [-0.2, -0.15) is 0 Å². The predicted octanol–water partition coefficient (Wildman–Crippen LogP) is 4.94. The summed E-state index contributed by atoms with van der Waals surface area (Å²) in [5.41, 5.74) is 2.19. The minimum Gasteiger partial charge on any atom is -0.462 e. The lowest BCUT2D eigenvalue weighted by Crippen LogP contribution is -2.16. The Balaban J connectivity index is 2.49. The average Bonchev–Trinajstić information content (AvgIpc) is 2.63. The maximum absolute atomic E-state index is 12.1. The Labute approximate surface area is 183 Å². The fourth-order valence-electron chi connectivity index (χ4n) is 1.80. The highest BCUT2D eigenvalue weighted by molar-refractivity contribution is 9.13. The van der Waals surface area contributed by atoms with E-state index in [2.05, 4.69) is 54.4 Å². The summed E-state index contributed by atoms with van der Waals surface area (Å²) in [7, 11) is 0. The van der Waals surface area contributed by atoms with Crippen molar-refractivity contribution in [3.8, 4) is 5.75 Å². The molecular weight excluding hydrogens is 552 g/mol. The molecular formula is C18H19Br3O6. The molecule has 0 heterocycles. The SMILES string of the molecule is C=C(C)C(=O)OCCOC(=O)CCC(=O)Oc1c(Br)c(C)c(C)c(Br)c1Br. The lowest BCUT2D eigenvalue weighted by Gasteiger charge is -2.15. The molecule has 0 N–H and O–H groups in total. The summed E-state index contributed by atoms with van der Waals surface area (Å²) in [5.74, 6) is -1.37. The molecule has 148 valence electrons. The second-order valence-electron chi connectivity index (χ2n) is 5.63. The number of rotatable bonds is 8. The Morgan fingerprint density at radius 2 is 1.37 bits per heavy atom. The van der Waals surface area contributed by atoms with Crippen LogP contribution in [0.15, 0.2) is 25.6 Å². The zero-order valence-corrected chi connectivity index (χ0v) is 19.9. The van der Waals surface area contributed by atoms with Crippen LogP contribution in [0.1, 0.15) is 30.9 Å². The van der Waals surface area contributed by atoms with Gasteiger partial charge in [-0.3, -0.25) is 9.59 Å². The Morgan fingerprint density at radius 1 is 0.852 bits per heavy atom. The highest BCUT2D eigenvalue weighted by Gasteiger charge is 2.20. The fraction of sp³-hybridized carbons (Fsp3) is 0.389. The second kappa shape index (κ2) is 11.0. The van der Waals surface area contributed by atoms with Crippen molar-refractivity contribution in [2.24, 2.45) is 0 Å². The van der Waals surface area contributed by atoms with E-state index in [1.54, 1.807) is 0 Å². The average molecular weight is 571 g/mol. The molecule has 0 amide bonds. The molecule has 1 aromatic rings. The summed E-state index contributed by atoms with van der Waals surface area (Å²) in [4.78, 5) is 34.9. The molecule has 0 saturated heterocycles. The van der Waals surface area contributed by atoms with E-state index in [-0.39, 0.29) is 31.6 Å². The van der Waals surface area contributed by atoms with Gasteiger partial charge < -0.3 is 14.2 Å².